The zero-order chi connectivity index (χ0) is 14.5. The standard InChI is InChI=1S/C13H14F2N2O2S/c1-8(20-7-12-17-16-9(2)18-12)10-3-5-11(6-4-10)19-13(14)15/h3-6,8,13H,7H2,1-2H3/t8-/m1/s1. The Bertz CT molecular complexity index is 546. The lowest BCUT2D eigenvalue weighted by Gasteiger charge is -2.11. The van der Waals surface area contributed by atoms with Gasteiger partial charge in [-0.1, -0.05) is 12.1 Å². The van der Waals surface area contributed by atoms with E-state index < -0.39 is 6.61 Å². The third-order valence-electron chi connectivity index (χ3n) is 2.60. The lowest BCUT2D eigenvalue weighted by molar-refractivity contribution is -0.0498. The molecule has 0 aliphatic carbocycles. The largest absolute Gasteiger partial charge is 0.435 e. The van der Waals surface area contributed by atoms with Gasteiger partial charge in [0.1, 0.15) is 5.75 Å². The van der Waals surface area contributed by atoms with Crippen molar-refractivity contribution in [1.29, 1.82) is 0 Å². The molecule has 0 bridgehead atoms. The summed E-state index contributed by atoms with van der Waals surface area (Å²) in [7, 11) is 0. The fourth-order valence-electron chi connectivity index (χ4n) is 1.61. The van der Waals surface area contributed by atoms with Gasteiger partial charge in [0.25, 0.3) is 0 Å². The van der Waals surface area contributed by atoms with E-state index in [0.717, 1.165) is 5.56 Å². The van der Waals surface area contributed by atoms with Crippen molar-refractivity contribution in [2.75, 3.05) is 0 Å². The first-order valence-electron chi connectivity index (χ1n) is 6.00. The maximum absolute atomic E-state index is 12.0. The van der Waals surface area contributed by atoms with Crippen LogP contribution in [0.15, 0.2) is 28.7 Å². The second-order valence-corrected chi connectivity index (χ2v) is 5.44. The first-order chi connectivity index (χ1) is 9.54. The van der Waals surface area contributed by atoms with E-state index in [9.17, 15) is 8.78 Å². The average Bonchev–Trinajstić information content (AvgIpc) is 2.82. The highest BCUT2D eigenvalue weighted by molar-refractivity contribution is 7.98. The first-order valence-corrected chi connectivity index (χ1v) is 7.05. The summed E-state index contributed by atoms with van der Waals surface area (Å²) in [6.07, 6.45) is 0. The van der Waals surface area contributed by atoms with Crippen LogP contribution in [-0.4, -0.2) is 16.8 Å². The number of hydrogen-bond donors (Lipinski definition) is 0. The summed E-state index contributed by atoms with van der Waals surface area (Å²) in [5, 5.41) is 7.86. The van der Waals surface area contributed by atoms with Gasteiger partial charge in [-0.05, 0) is 24.6 Å². The van der Waals surface area contributed by atoms with Crippen LogP contribution in [-0.2, 0) is 5.75 Å². The number of thioether (sulfide) groups is 1. The van der Waals surface area contributed by atoms with Crippen molar-refractivity contribution in [3.05, 3.63) is 41.6 Å². The molecule has 1 atom stereocenters. The van der Waals surface area contributed by atoms with Crippen LogP contribution in [0.5, 0.6) is 5.75 Å². The molecule has 2 aromatic rings. The normalized spacial score (nSPS) is 12.7. The van der Waals surface area contributed by atoms with Crippen molar-refractivity contribution in [2.24, 2.45) is 0 Å². The molecule has 0 spiro atoms. The molecule has 0 aliphatic rings. The summed E-state index contributed by atoms with van der Waals surface area (Å²) in [4.78, 5) is 0. The molecule has 7 heteroatoms. The Morgan fingerprint density at radius 2 is 1.95 bits per heavy atom. The SMILES string of the molecule is Cc1nnc(CS[C@H](C)c2ccc(OC(F)F)cc2)o1. The summed E-state index contributed by atoms with van der Waals surface area (Å²) in [5.41, 5.74) is 1.02. The minimum Gasteiger partial charge on any atom is -0.435 e. The number of nitrogens with zero attached hydrogens (tertiary/aromatic N) is 2. The van der Waals surface area contributed by atoms with Gasteiger partial charge in [-0.25, -0.2) is 0 Å². The van der Waals surface area contributed by atoms with Crippen LogP contribution in [0.1, 0.15) is 29.5 Å². The van der Waals surface area contributed by atoms with Gasteiger partial charge in [0.15, 0.2) is 0 Å². The quantitative estimate of drug-likeness (QED) is 0.807. The molecule has 108 valence electrons. The molecule has 1 aromatic carbocycles. The number of benzene rings is 1. The number of alkyl halides is 2. The van der Waals surface area contributed by atoms with Crippen LogP contribution in [0.3, 0.4) is 0 Å². The highest BCUT2D eigenvalue weighted by Crippen LogP contribution is 2.31. The van der Waals surface area contributed by atoms with Crippen molar-refractivity contribution in [2.45, 2.75) is 31.5 Å². The number of rotatable bonds is 6. The number of hydrogen-bond acceptors (Lipinski definition) is 5. The van der Waals surface area contributed by atoms with E-state index in [4.69, 9.17) is 4.42 Å². The Morgan fingerprint density at radius 3 is 2.50 bits per heavy atom. The Labute approximate surface area is 119 Å². The van der Waals surface area contributed by atoms with Gasteiger partial charge in [0, 0.05) is 12.2 Å². The van der Waals surface area contributed by atoms with Gasteiger partial charge in [0.2, 0.25) is 11.8 Å². The summed E-state index contributed by atoms with van der Waals surface area (Å²) >= 11 is 1.63. The summed E-state index contributed by atoms with van der Waals surface area (Å²) in [6.45, 7) is 0.969. The minimum absolute atomic E-state index is 0.161. The second-order valence-electron chi connectivity index (χ2n) is 4.12. The van der Waals surface area contributed by atoms with E-state index in [0.29, 0.717) is 17.5 Å². The van der Waals surface area contributed by atoms with Crippen LogP contribution in [0.2, 0.25) is 0 Å². The van der Waals surface area contributed by atoms with E-state index >= 15 is 0 Å². The Morgan fingerprint density at radius 1 is 1.25 bits per heavy atom. The Kier molecular flexibility index (Phi) is 4.94. The summed E-state index contributed by atoms with van der Waals surface area (Å²) in [5.74, 6) is 1.89. The van der Waals surface area contributed by atoms with Crippen molar-refractivity contribution in [1.82, 2.24) is 10.2 Å². The molecule has 4 nitrogen and oxygen atoms in total. The molecule has 2 rings (SSSR count). The average molecular weight is 300 g/mol. The van der Waals surface area contributed by atoms with E-state index in [2.05, 4.69) is 14.9 Å². The van der Waals surface area contributed by atoms with Crippen molar-refractivity contribution in [3.63, 3.8) is 0 Å². The Balaban J connectivity index is 1.90. The van der Waals surface area contributed by atoms with Gasteiger partial charge >= 0.3 is 6.61 Å². The van der Waals surface area contributed by atoms with Gasteiger partial charge in [-0.3, -0.25) is 0 Å². The molecule has 0 radical (unpaired) electrons. The summed E-state index contributed by atoms with van der Waals surface area (Å²) in [6, 6.07) is 6.62. The number of halogens is 2. The molecule has 0 aliphatic heterocycles. The third-order valence-corrected chi connectivity index (χ3v) is 3.79. The molecule has 1 heterocycles. The van der Waals surface area contributed by atoms with Gasteiger partial charge in [0.05, 0.1) is 5.75 Å². The Hall–Kier alpha value is -1.63. The van der Waals surface area contributed by atoms with E-state index in [1.54, 1.807) is 30.8 Å². The highest BCUT2D eigenvalue weighted by atomic mass is 32.2. The second kappa shape index (κ2) is 6.69. The van der Waals surface area contributed by atoms with Gasteiger partial charge < -0.3 is 9.15 Å². The number of aryl methyl sites for hydroxylation is 1. The van der Waals surface area contributed by atoms with Crippen LogP contribution in [0, 0.1) is 6.92 Å². The van der Waals surface area contributed by atoms with E-state index in [1.807, 2.05) is 6.92 Å². The zero-order valence-electron chi connectivity index (χ0n) is 11.0. The van der Waals surface area contributed by atoms with Crippen molar-refractivity contribution >= 4 is 11.8 Å². The first kappa shape index (κ1) is 14.8. The smallest absolute Gasteiger partial charge is 0.387 e. The molecule has 0 saturated heterocycles. The van der Waals surface area contributed by atoms with Crippen LogP contribution >= 0.6 is 11.8 Å². The fraction of sp³-hybridized carbons (Fsp3) is 0.385. The molecule has 0 fully saturated rings. The van der Waals surface area contributed by atoms with E-state index in [1.165, 1.54) is 12.1 Å². The van der Waals surface area contributed by atoms with Gasteiger partial charge in [-0.15, -0.1) is 22.0 Å². The molecule has 20 heavy (non-hydrogen) atoms. The molecule has 0 unspecified atom stereocenters. The maximum atomic E-state index is 12.0. The van der Waals surface area contributed by atoms with Crippen LogP contribution < -0.4 is 4.74 Å². The predicted molar refractivity (Wildman–Crippen MR) is 71.8 cm³/mol. The lowest BCUT2D eigenvalue weighted by Crippen LogP contribution is -2.01. The minimum atomic E-state index is -2.80. The lowest BCUT2D eigenvalue weighted by atomic mass is 10.2. The molecule has 1 aromatic heterocycles. The zero-order valence-corrected chi connectivity index (χ0v) is 11.9. The van der Waals surface area contributed by atoms with Crippen molar-refractivity contribution in [3.8, 4) is 5.75 Å². The van der Waals surface area contributed by atoms with E-state index in [-0.39, 0.29) is 11.0 Å². The molecule has 0 N–H and O–H groups in total. The fourth-order valence-corrected chi connectivity index (χ4v) is 2.47. The maximum Gasteiger partial charge on any atom is 0.387 e. The molecule has 0 saturated carbocycles. The molecule has 0 amide bonds. The van der Waals surface area contributed by atoms with Gasteiger partial charge in [-0.2, -0.15) is 8.78 Å². The number of aromatic nitrogens is 2. The van der Waals surface area contributed by atoms with Crippen LogP contribution in [0.25, 0.3) is 0 Å². The van der Waals surface area contributed by atoms with Crippen LogP contribution in [0.4, 0.5) is 8.78 Å². The van der Waals surface area contributed by atoms with Crippen molar-refractivity contribution < 1.29 is 17.9 Å². The predicted octanol–water partition coefficient (Wildman–Crippen LogP) is 3.97. The molecular weight excluding hydrogens is 286 g/mol. The monoisotopic (exact) mass is 300 g/mol. The number of ether oxygens (including phenoxy) is 1. The molecular formula is C13H14F2N2O2S. The topological polar surface area (TPSA) is 48.2 Å². The summed E-state index contributed by atoms with van der Waals surface area (Å²) < 4.78 is 33.7. The highest BCUT2D eigenvalue weighted by Gasteiger charge is 2.10. The third kappa shape index (κ3) is 4.19.